The Morgan fingerprint density at radius 2 is 1.93 bits per heavy atom. The van der Waals surface area contributed by atoms with Crippen molar-refractivity contribution in [3.63, 3.8) is 0 Å². The summed E-state index contributed by atoms with van der Waals surface area (Å²) >= 11 is 5.92. The molecule has 1 saturated carbocycles. The average molecular weight is 405 g/mol. The van der Waals surface area contributed by atoms with E-state index in [0.29, 0.717) is 18.0 Å². The van der Waals surface area contributed by atoms with Gasteiger partial charge in [-0.3, -0.25) is 4.79 Å². The van der Waals surface area contributed by atoms with Crippen molar-refractivity contribution in [2.24, 2.45) is 11.1 Å². The number of nitrogens with zero attached hydrogens (tertiary/aromatic N) is 2. The summed E-state index contributed by atoms with van der Waals surface area (Å²) in [5.41, 5.74) is 1.98. The Morgan fingerprint density at radius 3 is 2.61 bits per heavy atom. The van der Waals surface area contributed by atoms with Crippen molar-refractivity contribution in [1.82, 2.24) is 4.90 Å². The molecule has 4 rings (SSSR count). The van der Waals surface area contributed by atoms with Crippen LogP contribution in [0.4, 0.5) is 8.78 Å². The Kier molecular flexibility index (Phi) is 5.31. The van der Waals surface area contributed by atoms with E-state index in [1.165, 1.54) is 12.1 Å². The van der Waals surface area contributed by atoms with Crippen LogP contribution in [-0.4, -0.2) is 29.2 Å². The summed E-state index contributed by atoms with van der Waals surface area (Å²) in [5.74, 6) is -1.32. The molecule has 0 unspecified atom stereocenters. The van der Waals surface area contributed by atoms with Gasteiger partial charge in [0.25, 0.3) is 0 Å². The van der Waals surface area contributed by atoms with Crippen LogP contribution < -0.4 is 0 Å². The smallest absolute Gasteiger partial charge is 0.226 e. The highest BCUT2D eigenvalue weighted by Gasteiger charge is 2.36. The highest BCUT2D eigenvalue weighted by Crippen LogP contribution is 2.32. The lowest BCUT2D eigenvalue weighted by Gasteiger charge is -2.25. The van der Waals surface area contributed by atoms with E-state index in [2.05, 4.69) is 5.16 Å². The van der Waals surface area contributed by atoms with Crippen molar-refractivity contribution >= 4 is 23.2 Å². The second-order valence-corrected chi connectivity index (χ2v) is 7.64. The number of halogens is 3. The number of carbonyl (C=O) groups is 1. The van der Waals surface area contributed by atoms with E-state index >= 15 is 0 Å². The Morgan fingerprint density at radius 1 is 1.18 bits per heavy atom. The number of hydrogen-bond acceptors (Lipinski definition) is 3. The summed E-state index contributed by atoms with van der Waals surface area (Å²) in [5, 5.41) is 4.78. The number of carbonyl (C=O) groups excluding carboxylic acids is 1. The van der Waals surface area contributed by atoms with Crippen LogP contribution in [0.15, 0.2) is 47.6 Å². The molecule has 146 valence electrons. The third-order valence-electron chi connectivity index (χ3n) is 4.95. The molecule has 1 heterocycles. The first-order valence-electron chi connectivity index (χ1n) is 9.21. The lowest BCUT2D eigenvalue weighted by Crippen LogP contribution is -2.38. The van der Waals surface area contributed by atoms with Gasteiger partial charge in [0.05, 0.1) is 12.3 Å². The zero-order valence-corrected chi connectivity index (χ0v) is 15.8. The minimum atomic E-state index is -0.654. The molecule has 0 radical (unpaired) electrons. The summed E-state index contributed by atoms with van der Waals surface area (Å²) < 4.78 is 27.3. The molecule has 1 aliphatic heterocycles. The zero-order chi connectivity index (χ0) is 19.7. The van der Waals surface area contributed by atoms with Gasteiger partial charge in [-0.05, 0) is 36.6 Å². The Hall–Kier alpha value is -2.47. The largest absolute Gasteiger partial charge is 0.390 e. The molecule has 1 amide bonds. The fourth-order valence-electron chi connectivity index (χ4n) is 3.26. The molecule has 0 bridgehead atoms. The van der Waals surface area contributed by atoms with Crippen molar-refractivity contribution in [3.05, 3.63) is 70.2 Å². The van der Waals surface area contributed by atoms with E-state index in [1.807, 2.05) is 12.1 Å². The molecule has 4 nitrogen and oxygen atoms in total. The summed E-state index contributed by atoms with van der Waals surface area (Å²) in [6.07, 6.45) is 1.93. The molecular weight excluding hydrogens is 386 g/mol. The first kappa shape index (κ1) is 18.9. The molecular formula is C21H19ClF2N2O2. The molecule has 7 heteroatoms. The molecule has 1 fully saturated rings. The number of rotatable bonds is 6. The Bertz CT molecular complexity index is 913. The van der Waals surface area contributed by atoms with Crippen LogP contribution >= 0.6 is 11.6 Å². The van der Waals surface area contributed by atoms with Crippen LogP contribution in [-0.2, 0) is 16.2 Å². The molecule has 0 N–H and O–H groups in total. The topological polar surface area (TPSA) is 41.9 Å². The van der Waals surface area contributed by atoms with Gasteiger partial charge in [0, 0.05) is 35.5 Å². The fourth-order valence-corrected chi connectivity index (χ4v) is 3.39. The standard InChI is InChI=1S/C21H19ClF2N2O2/c22-16-6-3-13(4-7-16)20-10-18(28-25-20)12-26(21(27)14-1-2-14)11-15-5-8-17(23)9-19(15)24/h3-9,14,18H,1-2,10-12H2/t18-/m0/s1. The van der Waals surface area contributed by atoms with Gasteiger partial charge in [0.2, 0.25) is 5.91 Å². The summed E-state index contributed by atoms with van der Waals surface area (Å²) in [7, 11) is 0. The normalized spacial score (nSPS) is 18.5. The first-order valence-corrected chi connectivity index (χ1v) is 9.59. The van der Waals surface area contributed by atoms with Gasteiger partial charge in [-0.25, -0.2) is 8.78 Å². The first-order chi connectivity index (χ1) is 13.5. The molecule has 28 heavy (non-hydrogen) atoms. The second kappa shape index (κ2) is 7.87. The molecule has 2 aromatic carbocycles. The van der Waals surface area contributed by atoms with E-state index < -0.39 is 11.6 Å². The molecule has 0 aromatic heterocycles. The number of amides is 1. The minimum absolute atomic E-state index is 0.0124. The molecule has 2 aromatic rings. The van der Waals surface area contributed by atoms with E-state index in [4.69, 9.17) is 16.4 Å². The van der Waals surface area contributed by atoms with Crippen molar-refractivity contribution in [2.45, 2.75) is 31.9 Å². The van der Waals surface area contributed by atoms with E-state index in [0.717, 1.165) is 30.2 Å². The molecule has 2 aliphatic rings. The summed E-state index contributed by atoms with van der Waals surface area (Å²) in [4.78, 5) is 19.8. The van der Waals surface area contributed by atoms with Gasteiger partial charge in [0.1, 0.15) is 11.6 Å². The van der Waals surface area contributed by atoms with Crippen LogP contribution in [0.5, 0.6) is 0 Å². The molecule has 1 aliphatic carbocycles. The van der Waals surface area contributed by atoms with Gasteiger partial charge in [-0.1, -0.05) is 35.0 Å². The van der Waals surface area contributed by atoms with Gasteiger partial charge >= 0.3 is 0 Å². The van der Waals surface area contributed by atoms with Crippen molar-refractivity contribution < 1.29 is 18.4 Å². The Balaban J connectivity index is 1.44. The Labute approximate surface area is 166 Å². The van der Waals surface area contributed by atoms with Gasteiger partial charge in [-0.15, -0.1) is 0 Å². The average Bonchev–Trinajstić information content (AvgIpc) is 3.42. The third kappa shape index (κ3) is 4.33. The van der Waals surface area contributed by atoms with Crippen LogP contribution in [0.2, 0.25) is 5.02 Å². The molecule has 1 atom stereocenters. The quantitative estimate of drug-likeness (QED) is 0.708. The SMILES string of the molecule is O=C(C1CC1)N(Cc1ccc(F)cc1F)C[C@@H]1CC(c2ccc(Cl)cc2)=NO1. The van der Waals surface area contributed by atoms with E-state index in [-0.39, 0.29) is 30.0 Å². The highest BCUT2D eigenvalue weighted by atomic mass is 35.5. The second-order valence-electron chi connectivity index (χ2n) is 7.21. The van der Waals surface area contributed by atoms with E-state index in [1.54, 1.807) is 17.0 Å². The van der Waals surface area contributed by atoms with Gasteiger partial charge in [0.15, 0.2) is 6.10 Å². The van der Waals surface area contributed by atoms with Crippen molar-refractivity contribution in [1.29, 1.82) is 0 Å². The monoisotopic (exact) mass is 404 g/mol. The molecule has 0 saturated heterocycles. The lowest BCUT2D eigenvalue weighted by molar-refractivity contribution is -0.135. The zero-order valence-electron chi connectivity index (χ0n) is 15.1. The summed E-state index contributed by atoms with van der Waals surface area (Å²) in [6, 6.07) is 10.7. The number of benzene rings is 2. The maximum atomic E-state index is 14.1. The van der Waals surface area contributed by atoms with Crippen molar-refractivity contribution in [2.75, 3.05) is 6.54 Å². The van der Waals surface area contributed by atoms with Gasteiger partial charge < -0.3 is 9.74 Å². The van der Waals surface area contributed by atoms with Gasteiger partial charge in [-0.2, -0.15) is 0 Å². The maximum absolute atomic E-state index is 14.1. The van der Waals surface area contributed by atoms with Crippen molar-refractivity contribution in [3.8, 4) is 0 Å². The van der Waals surface area contributed by atoms with Crippen LogP contribution in [0.1, 0.15) is 30.4 Å². The lowest BCUT2D eigenvalue weighted by atomic mass is 10.0. The van der Waals surface area contributed by atoms with Crippen LogP contribution in [0, 0.1) is 17.6 Å². The molecule has 0 spiro atoms. The predicted octanol–water partition coefficient (Wildman–Crippen LogP) is 4.55. The summed E-state index contributed by atoms with van der Waals surface area (Å²) in [6.45, 7) is 0.379. The van der Waals surface area contributed by atoms with E-state index in [9.17, 15) is 13.6 Å². The van der Waals surface area contributed by atoms with Crippen LogP contribution in [0.25, 0.3) is 0 Å². The van der Waals surface area contributed by atoms with Crippen LogP contribution in [0.3, 0.4) is 0 Å². The third-order valence-corrected chi connectivity index (χ3v) is 5.20. The minimum Gasteiger partial charge on any atom is -0.390 e. The fraction of sp³-hybridized carbons (Fsp3) is 0.333. The predicted molar refractivity (Wildman–Crippen MR) is 102 cm³/mol. The number of hydrogen-bond donors (Lipinski definition) is 0. The number of oxime groups is 1. The highest BCUT2D eigenvalue weighted by molar-refractivity contribution is 6.30. The maximum Gasteiger partial charge on any atom is 0.226 e.